The van der Waals surface area contributed by atoms with E-state index in [-0.39, 0.29) is 0 Å². The Morgan fingerprint density at radius 1 is 1.56 bits per heavy atom. The van der Waals surface area contributed by atoms with Crippen molar-refractivity contribution in [1.82, 2.24) is 4.98 Å². The predicted octanol–water partition coefficient (Wildman–Crippen LogP) is 2.13. The van der Waals surface area contributed by atoms with Gasteiger partial charge in [-0.3, -0.25) is 0 Å². The van der Waals surface area contributed by atoms with Crippen LogP contribution < -0.4 is 0 Å². The number of pyridine rings is 1. The molecule has 0 bridgehead atoms. The lowest BCUT2D eigenvalue weighted by atomic mass is 10.4. The first-order valence-electron chi connectivity index (χ1n) is 2.28. The summed E-state index contributed by atoms with van der Waals surface area (Å²) < 4.78 is 0. The van der Waals surface area contributed by atoms with Gasteiger partial charge in [0.1, 0.15) is 10.8 Å². The number of aromatic nitrogens is 1. The molecule has 1 aromatic rings. The molecule has 0 radical (unpaired) electrons. The molecule has 0 aliphatic carbocycles. The van der Waals surface area contributed by atoms with Gasteiger partial charge in [0.15, 0.2) is 0 Å². The van der Waals surface area contributed by atoms with Crippen LogP contribution in [0.25, 0.3) is 0 Å². The van der Waals surface area contributed by atoms with Gasteiger partial charge >= 0.3 is 0 Å². The minimum atomic E-state index is 0.291. The van der Waals surface area contributed by atoms with E-state index in [9.17, 15) is 4.91 Å². The molecule has 0 aromatic carbocycles. The summed E-state index contributed by atoms with van der Waals surface area (Å²) in [6.45, 7) is 0. The second-order valence-electron chi connectivity index (χ2n) is 1.43. The zero-order chi connectivity index (χ0) is 6.69. The van der Waals surface area contributed by atoms with Crippen molar-refractivity contribution in [3.05, 3.63) is 28.4 Å². The topological polar surface area (TPSA) is 42.3 Å². The summed E-state index contributed by atoms with van der Waals surface area (Å²) in [6.07, 6.45) is 1.31. The van der Waals surface area contributed by atoms with Crippen LogP contribution in [0.4, 0.5) is 5.69 Å². The van der Waals surface area contributed by atoms with Gasteiger partial charge in [0.25, 0.3) is 0 Å². The Balaban J connectivity index is 3.01. The van der Waals surface area contributed by atoms with Crippen LogP contribution in [0.15, 0.2) is 23.5 Å². The van der Waals surface area contributed by atoms with E-state index < -0.39 is 0 Å². The van der Waals surface area contributed by atoms with Crippen LogP contribution in [0.1, 0.15) is 0 Å². The van der Waals surface area contributed by atoms with Gasteiger partial charge in [-0.15, -0.1) is 4.91 Å². The monoisotopic (exact) mass is 142 g/mol. The van der Waals surface area contributed by atoms with E-state index >= 15 is 0 Å². The average molecular weight is 143 g/mol. The lowest BCUT2D eigenvalue weighted by Gasteiger charge is -1.85. The van der Waals surface area contributed by atoms with Crippen molar-refractivity contribution in [2.75, 3.05) is 0 Å². The molecule has 0 unspecified atom stereocenters. The van der Waals surface area contributed by atoms with Gasteiger partial charge in [-0.25, -0.2) is 4.98 Å². The van der Waals surface area contributed by atoms with Crippen molar-refractivity contribution in [2.24, 2.45) is 5.18 Å². The number of nitrogens with zero attached hydrogens (tertiary/aromatic N) is 2. The zero-order valence-electron chi connectivity index (χ0n) is 4.41. The second kappa shape index (κ2) is 2.55. The minimum Gasteiger partial charge on any atom is -0.242 e. The van der Waals surface area contributed by atoms with E-state index in [1.165, 1.54) is 18.3 Å². The molecule has 0 N–H and O–H groups in total. The minimum absolute atomic E-state index is 0.291. The Morgan fingerprint density at radius 3 is 2.78 bits per heavy atom. The molecule has 0 amide bonds. The van der Waals surface area contributed by atoms with Crippen LogP contribution in [0, 0.1) is 4.91 Å². The lowest BCUT2D eigenvalue weighted by molar-refractivity contribution is 1.30. The molecule has 0 fully saturated rings. The highest BCUT2D eigenvalue weighted by atomic mass is 35.5. The molecule has 4 heteroatoms. The highest BCUT2D eigenvalue weighted by Crippen LogP contribution is 2.11. The smallest absolute Gasteiger partial charge is 0.129 e. The number of halogens is 1. The SMILES string of the molecule is O=Nc1ccc(Cl)nc1. The van der Waals surface area contributed by atoms with Crippen LogP contribution in [0.3, 0.4) is 0 Å². The van der Waals surface area contributed by atoms with Gasteiger partial charge in [0.05, 0.1) is 6.20 Å². The molecule has 0 aliphatic heterocycles. The van der Waals surface area contributed by atoms with Gasteiger partial charge in [-0.2, -0.15) is 0 Å². The molecule has 0 saturated carbocycles. The maximum Gasteiger partial charge on any atom is 0.129 e. The summed E-state index contributed by atoms with van der Waals surface area (Å²) in [4.78, 5) is 13.4. The van der Waals surface area contributed by atoms with Crippen molar-refractivity contribution >= 4 is 17.3 Å². The first-order valence-corrected chi connectivity index (χ1v) is 2.65. The highest BCUT2D eigenvalue weighted by Gasteiger charge is 1.89. The van der Waals surface area contributed by atoms with Gasteiger partial charge in [0.2, 0.25) is 0 Å². The van der Waals surface area contributed by atoms with E-state index in [1.54, 1.807) is 0 Å². The zero-order valence-corrected chi connectivity index (χ0v) is 5.17. The standard InChI is InChI=1S/C5H3ClN2O/c6-5-2-1-4(8-9)3-7-5/h1-3H. The van der Waals surface area contributed by atoms with Crippen LogP contribution in [0.5, 0.6) is 0 Å². The quantitative estimate of drug-likeness (QED) is 0.445. The van der Waals surface area contributed by atoms with Crippen LogP contribution in [0.2, 0.25) is 5.15 Å². The van der Waals surface area contributed by atoms with Gasteiger partial charge in [0, 0.05) is 0 Å². The summed E-state index contributed by atoms with van der Waals surface area (Å²) in [5, 5.41) is 3.00. The fourth-order valence-electron chi connectivity index (χ4n) is 0.422. The number of hydrogen-bond acceptors (Lipinski definition) is 3. The largest absolute Gasteiger partial charge is 0.242 e. The number of hydrogen-bond donors (Lipinski definition) is 0. The van der Waals surface area contributed by atoms with Crippen molar-refractivity contribution in [1.29, 1.82) is 0 Å². The highest BCUT2D eigenvalue weighted by molar-refractivity contribution is 6.29. The Kier molecular flexibility index (Phi) is 1.75. The summed E-state index contributed by atoms with van der Waals surface area (Å²) in [5.74, 6) is 0. The molecule has 0 spiro atoms. The Labute approximate surface area is 56.6 Å². The van der Waals surface area contributed by atoms with E-state index in [0.717, 1.165) is 0 Å². The molecule has 1 rings (SSSR count). The summed E-state index contributed by atoms with van der Waals surface area (Å²) >= 11 is 5.41. The first kappa shape index (κ1) is 6.16. The lowest BCUT2D eigenvalue weighted by Crippen LogP contribution is -1.69. The maximum atomic E-state index is 9.78. The molecule has 0 saturated heterocycles. The second-order valence-corrected chi connectivity index (χ2v) is 1.82. The predicted molar refractivity (Wildman–Crippen MR) is 34.7 cm³/mol. The van der Waals surface area contributed by atoms with E-state index in [2.05, 4.69) is 10.2 Å². The Morgan fingerprint density at radius 2 is 2.33 bits per heavy atom. The molecule has 0 atom stereocenters. The van der Waals surface area contributed by atoms with Gasteiger partial charge in [-0.05, 0) is 17.3 Å². The molecule has 9 heavy (non-hydrogen) atoms. The fourth-order valence-corrected chi connectivity index (χ4v) is 0.534. The molecular formula is C5H3ClN2O. The fraction of sp³-hybridized carbons (Fsp3) is 0. The van der Waals surface area contributed by atoms with Gasteiger partial charge < -0.3 is 0 Å². The summed E-state index contributed by atoms with van der Waals surface area (Å²) in [6, 6.07) is 3.01. The third kappa shape index (κ3) is 1.47. The number of rotatable bonds is 1. The van der Waals surface area contributed by atoms with E-state index in [0.29, 0.717) is 10.8 Å². The van der Waals surface area contributed by atoms with Crippen LogP contribution in [-0.4, -0.2) is 4.98 Å². The summed E-state index contributed by atoms with van der Waals surface area (Å²) in [7, 11) is 0. The maximum absolute atomic E-state index is 9.78. The third-order valence-corrected chi connectivity index (χ3v) is 1.04. The van der Waals surface area contributed by atoms with Crippen molar-refractivity contribution in [2.45, 2.75) is 0 Å². The van der Waals surface area contributed by atoms with Crippen molar-refractivity contribution in [3.8, 4) is 0 Å². The third-order valence-electron chi connectivity index (χ3n) is 0.817. The molecule has 3 nitrogen and oxygen atoms in total. The van der Waals surface area contributed by atoms with Crippen LogP contribution >= 0.6 is 11.6 Å². The molecular weight excluding hydrogens is 140 g/mol. The summed E-state index contributed by atoms with van der Waals surface area (Å²) in [5.41, 5.74) is 0.291. The van der Waals surface area contributed by atoms with E-state index in [4.69, 9.17) is 11.6 Å². The number of nitroso groups, excluding NO2 is 1. The van der Waals surface area contributed by atoms with Crippen LogP contribution in [-0.2, 0) is 0 Å². The van der Waals surface area contributed by atoms with E-state index in [1.807, 2.05) is 0 Å². The van der Waals surface area contributed by atoms with Crippen molar-refractivity contribution < 1.29 is 0 Å². The molecule has 1 aromatic heterocycles. The molecule has 46 valence electrons. The Hall–Kier alpha value is -0.960. The van der Waals surface area contributed by atoms with Gasteiger partial charge in [-0.1, -0.05) is 11.6 Å². The average Bonchev–Trinajstić information content (AvgIpc) is 1.90. The first-order chi connectivity index (χ1) is 4.33. The molecule has 1 heterocycles. The normalized spacial score (nSPS) is 9.00. The molecule has 0 aliphatic rings. The van der Waals surface area contributed by atoms with Crippen molar-refractivity contribution in [3.63, 3.8) is 0 Å². The Bertz CT molecular complexity index is 209.